The highest BCUT2D eigenvalue weighted by molar-refractivity contribution is 5.81. The van der Waals surface area contributed by atoms with Crippen molar-refractivity contribution in [1.82, 2.24) is 10.2 Å². The van der Waals surface area contributed by atoms with Gasteiger partial charge in [0.05, 0.1) is 11.6 Å². The summed E-state index contributed by atoms with van der Waals surface area (Å²) in [6, 6.07) is -0.202. The lowest BCUT2D eigenvalue weighted by Gasteiger charge is -2.31. The molecular formula is C14H28N2O2. The van der Waals surface area contributed by atoms with Crippen LogP contribution >= 0.6 is 0 Å². The Bertz CT molecular complexity index is 261. The number of likely N-dealkylation sites (tertiary alicyclic amines) is 1. The summed E-state index contributed by atoms with van der Waals surface area (Å²) in [7, 11) is 0. The number of hydrogen-bond donors (Lipinski definition) is 2. The van der Waals surface area contributed by atoms with E-state index >= 15 is 0 Å². The van der Waals surface area contributed by atoms with E-state index in [1.807, 2.05) is 18.7 Å². The first kappa shape index (κ1) is 15.4. The SMILES string of the molecule is CCCC(C)(O)CNC(C)C(=O)N1CCCCC1. The molecule has 1 fully saturated rings. The van der Waals surface area contributed by atoms with Gasteiger partial charge in [0.2, 0.25) is 5.91 Å². The van der Waals surface area contributed by atoms with Crippen LogP contribution < -0.4 is 5.32 Å². The van der Waals surface area contributed by atoms with Crippen LogP contribution in [0.2, 0.25) is 0 Å². The van der Waals surface area contributed by atoms with Gasteiger partial charge in [-0.2, -0.15) is 0 Å². The molecular weight excluding hydrogens is 228 g/mol. The summed E-state index contributed by atoms with van der Waals surface area (Å²) in [5.41, 5.74) is -0.717. The van der Waals surface area contributed by atoms with Crippen molar-refractivity contribution in [3.8, 4) is 0 Å². The van der Waals surface area contributed by atoms with Crippen molar-refractivity contribution < 1.29 is 9.90 Å². The molecule has 0 aliphatic carbocycles. The van der Waals surface area contributed by atoms with Crippen LogP contribution in [0.3, 0.4) is 0 Å². The molecule has 1 saturated heterocycles. The van der Waals surface area contributed by atoms with E-state index in [9.17, 15) is 9.90 Å². The van der Waals surface area contributed by atoms with Crippen LogP contribution in [0.4, 0.5) is 0 Å². The van der Waals surface area contributed by atoms with Gasteiger partial charge in [0.15, 0.2) is 0 Å². The fraction of sp³-hybridized carbons (Fsp3) is 0.929. The fourth-order valence-electron chi connectivity index (χ4n) is 2.48. The van der Waals surface area contributed by atoms with Crippen molar-refractivity contribution >= 4 is 5.91 Å². The molecule has 1 rings (SSSR count). The number of nitrogens with zero attached hydrogens (tertiary/aromatic N) is 1. The first-order valence-electron chi connectivity index (χ1n) is 7.21. The number of amides is 1. The van der Waals surface area contributed by atoms with Crippen molar-refractivity contribution in [1.29, 1.82) is 0 Å². The normalized spacial score (nSPS) is 21.4. The van der Waals surface area contributed by atoms with E-state index in [-0.39, 0.29) is 11.9 Å². The molecule has 0 spiro atoms. The number of piperidine rings is 1. The quantitative estimate of drug-likeness (QED) is 0.758. The fourth-order valence-corrected chi connectivity index (χ4v) is 2.48. The highest BCUT2D eigenvalue weighted by Crippen LogP contribution is 2.12. The largest absolute Gasteiger partial charge is 0.389 e. The molecule has 2 atom stereocenters. The summed E-state index contributed by atoms with van der Waals surface area (Å²) in [5, 5.41) is 13.2. The topological polar surface area (TPSA) is 52.6 Å². The van der Waals surface area contributed by atoms with Gasteiger partial charge in [-0.15, -0.1) is 0 Å². The maximum Gasteiger partial charge on any atom is 0.239 e. The minimum atomic E-state index is -0.717. The number of carbonyl (C=O) groups excluding carboxylic acids is 1. The predicted octanol–water partition coefficient (Wildman–Crippen LogP) is 1.53. The minimum absolute atomic E-state index is 0.169. The molecule has 1 heterocycles. The Balaban J connectivity index is 2.35. The van der Waals surface area contributed by atoms with Crippen LogP contribution in [0.5, 0.6) is 0 Å². The summed E-state index contributed by atoms with van der Waals surface area (Å²) in [4.78, 5) is 14.1. The smallest absolute Gasteiger partial charge is 0.239 e. The highest BCUT2D eigenvalue weighted by Gasteiger charge is 2.25. The van der Waals surface area contributed by atoms with Gasteiger partial charge in [-0.3, -0.25) is 4.79 Å². The first-order valence-corrected chi connectivity index (χ1v) is 7.21. The summed E-state index contributed by atoms with van der Waals surface area (Å²) in [6.07, 6.45) is 5.17. The third-order valence-corrected chi connectivity index (χ3v) is 3.62. The van der Waals surface area contributed by atoms with E-state index in [2.05, 4.69) is 12.2 Å². The lowest BCUT2D eigenvalue weighted by molar-refractivity contribution is -0.134. The number of carbonyl (C=O) groups is 1. The Morgan fingerprint density at radius 2 is 2.00 bits per heavy atom. The summed E-state index contributed by atoms with van der Waals surface area (Å²) >= 11 is 0. The number of aliphatic hydroxyl groups is 1. The van der Waals surface area contributed by atoms with Crippen molar-refractivity contribution in [2.24, 2.45) is 0 Å². The van der Waals surface area contributed by atoms with Crippen LogP contribution in [-0.2, 0) is 4.79 Å². The Labute approximate surface area is 111 Å². The van der Waals surface area contributed by atoms with Gasteiger partial charge in [-0.1, -0.05) is 13.3 Å². The number of hydrogen-bond acceptors (Lipinski definition) is 3. The monoisotopic (exact) mass is 256 g/mol. The van der Waals surface area contributed by atoms with Crippen LogP contribution in [0.25, 0.3) is 0 Å². The van der Waals surface area contributed by atoms with Crippen LogP contribution in [-0.4, -0.2) is 47.2 Å². The van der Waals surface area contributed by atoms with Gasteiger partial charge in [-0.25, -0.2) is 0 Å². The van der Waals surface area contributed by atoms with E-state index in [1.165, 1.54) is 6.42 Å². The van der Waals surface area contributed by atoms with Crippen molar-refractivity contribution in [3.05, 3.63) is 0 Å². The molecule has 0 aromatic carbocycles. The zero-order chi connectivity index (χ0) is 13.6. The molecule has 0 bridgehead atoms. The molecule has 1 amide bonds. The van der Waals surface area contributed by atoms with Gasteiger partial charge >= 0.3 is 0 Å². The van der Waals surface area contributed by atoms with Gasteiger partial charge in [0, 0.05) is 19.6 Å². The molecule has 1 aliphatic rings. The molecule has 0 saturated carbocycles. The van der Waals surface area contributed by atoms with Gasteiger partial charge in [0.25, 0.3) is 0 Å². The first-order chi connectivity index (χ1) is 8.46. The average Bonchev–Trinajstić information content (AvgIpc) is 2.36. The Morgan fingerprint density at radius 1 is 1.39 bits per heavy atom. The van der Waals surface area contributed by atoms with Crippen molar-refractivity contribution in [3.63, 3.8) is 0 Å². The molecule has 106 valence electrons. The van der Waals surface area contributed by atoms with E-state index in [1.54, 1.807) is 0 Å². The van der Waals surface area contributed by atoms with E-state index in [0.717, 1.165) is 38.8 Å². The summed E-state index contributed by atoms with van der Waals surface area (Å²) in [6.45, 7) is 8.01. The molecule has 0 aromatic rings. The van der Waals surface area contributed by atoms with Gasteiger partial charge in [-0.05, 0) is 39.5 Å². The molecule has 4 nitrogen and oxygen atoms in total. The Hall–Kier alpha value is -0.610. The van der Waals surface area contributed by atoms with E-state index in [4.69, 9.17) is 0 Å². The second-order valence-electron chi connectivity index (χ2n) is 5.74. The van der Waals surface area contributed by atoms with Crippen LogP contribution in [0, 0.1) is 0 Å². The number of nitrogens with one attached hydrogen (secondary N) is 1. The standard InChI is InChI=1S/C14H28N2O2/c1-4-8-14(3,18)11-15-12(2)13(17)16-9-6-5-7-10-16/h12,15,18H,4-11H2,1-3H3. The Morgan fingerprint density at radius 3 is 2.56 bits per heavy atom. The summed E-state index contributed by atoms with van der Waals surface area (Å²) < 4.78 is 0. The average molecular weight is 256 g/mol. The van der Waals surface area contributed by atoms with Gasteiger partial charge < -0.3 is 15.3 Å². The third kappa shape index (κ3) is 4.94. The van der Waals surface area contributed by atoms with Gasteiger partial charge in [0.1, 0.15) is 0 Å². The zero-order valence-electron chi connectivity index (χ0n) is 12.0. The molecule has 0 aromatic heterocycles. The van der Waals surface area contributed by atoms with Crippen LogP contribution in [0.15, 0.2) is 0 Å². The van der Waals surface area contributed by atoms with E-state index in [0.29, 0.717) is 6.54 Å². The van der Waals surface area contributed by atoms with Crippen LogP contribution in [0.1, 0.15) is 52.9 Å². The molecule has 18 heavy (non-hydrogen) atoms. The number of rotatable bonds is 6. The second-order valence-corrected chi connectivity index (χ2v) is 5.74. The molecule has 4 heteroatoms. The molecule has 2 unspecified atom stereocenters. The molecule has 2 N–H and O–H groups in total. The maximum absolute atomic E-state index is 12.2. The molecule has 0 radical (unpaired) electrons. The minimum Gasteiger partial charge on any atom is -0.389 e. The Kier molecular flexibility index (Phi) is 6.09. The second kappa shape index (κ2) is 7.10. The zero-order valence-corrected chi connectivity index (χ0v) is 12.0. The summed E-state index contributed by atoms with van der Waals surface area (Å²) in [5.74, 6) is 0.169. The lowest BCUT2D eigenvalue weighted by atomic mass is 10.0. The van der Waals surface area contributed by atoms with E-state index < -0.39 is 5.60 Å². The molecule has 1 aliphatic heterocycles. The van der Waals surface area contributed by atoms with Crippen molar-refractivity contribution in [2.45, 2.75) is 64.5 Å². The maximum atomic E-state index is 12.2. The lowest BCUT2D eigenvalue weighted by Crippen LogP contribution is -2.50. The highest BCUT2D eigenvalue weighted by atomic mass is 16.3. The predicted molar refractivity (Wildman–Crippen MR) is 73.4 cm³/mol. The third-order valence-electron chi connectivity index (χ3n) is 3.62. The van der Waals surface area contributed by atoms with Crippen molar-refractivity contribution in [2.75, 3.05) is 19.6 Å².